The van der Waals surface area contributed by atoms with E-state index < -0.39 is 15.7 Å². The molecule has 0 aliphatic heterocycles. The minimum atomic E-state index is -3.49. The van der Waals surface area contributed by atoms with Gasteiger partial charge in [-0.3, -0.25) is 10.1 Å². The fourth-order valence-corrected chi connectivity index (χ4v) is 3.38. The van der Waals surface area contributed by atoms with Crippen molar-refractivity contribution >= 4 is 21.8 Å². The van der Waals surface area contributed by atoms with Crippen LogP contribution >= 0.6 is 0 Å². The zero-order valence-electron chi connectivity index (χ0n) is 15.3. The molecule has 1 heterocycles. The van der Waals surface area contributed by atoms with Gasteiger partial charge in [0.25, 0.3) is 11.8 Å². The Morgan fingerprint density at radius 3 is 2.43 bits per heavy atom. The van der Waals surface area contributed by atoms with Gasteiger partial charge in [0.2, 0.25) is 0 Å². The fourth-order valence-electron chi connectivity index (χ4n) is 2.50. The second-order valence-electron chi connectivity index (χ2n) is 5.70. The molecular formula is C18H17N3O6S. The third-order valence-electron chi connectivity index (χ3n) is 3.81. The Kier molecular flexibility index (Phi) is 5.32. The minimum absolute atomic E-state index is 0.0244. The van der Waals surface area contributed by atoms with Crippen molar-refractivity contribution in [3.8, 4) is 23.0 Å². The average Bonchev–Trinajstić information content (AvgIpc) is 3.15. The predicted octanol–water partition coefficient (Wildman–Crippen LogP) is 2.41. The molecule has 3 rings (SSSR count). The lowest BCUT2D eigenvalue weighted by Crippen LogP contribution is -2.12. The zero-order chi connectivity index (χ0) is 20.3. The molecule has 0 radical (unpaired) electrons. The number of carbonyl (C=O) groups excluding carboxylic acids is 1. The molecule has 3 aromatic rings. The first-order valence-corrected chi connectivity index (χ1v) is 9.89. The summed E-state index contributed by atoms with van der Waals surface area (Å²) in [5.41, 5.74) is 0.540. The standard InChI is InChI=1S/C18H17N3O6S/c1-25-13-9-8-11(10-14(13)26-2)16(22)19-18-21-20-17(27-18)12-6-4-5-7-15(12)28(3,23)24/h4-10H,1-3H3,(H,19,21,22). The van der Waals surface area contributed by atoms with Gasteiger partial charge < -0.3 is 13.9 Å². The number of ether oxygens (including phenoxy) is 2. The molecule has 9 nitrogen and oxygen atoms in total. The number of nitrogens with zero attached hydrogens (tertiary/aromatic N) is 2. The molecule has 2 aromatic carbocycles. The summed E-state index contributed by atoms with van der Waals surface area (Å²) < 4.78 is 39.6. The Labute approximate surface area is 161 Å². The van der Waals surface area contributed by atoms with E-state index in [1.54, 1.807) is 30.3 Å². The number of benzene rings is 2. The van der Waals surface area contributed by atoms with Crippen LogP contribution in [0.5, 0.6) is 11.5 Å². The van der Waals surface area contributed by atoms with E-state index in [1.807, 2.05) is 0 Å². The lowest BCUT2D eigenvalue weighted by Gasteiger charge is -2.08. The summed E-state index contributed by atoms with van der Waals surface area (Å²) in [6, 6.07) is 10.7. The highest BCUT2D eigenvalue weighted by molar-refractivity contribution is 7.90. The smallest absolute Gasteiger partial charge is 0.322 e. The summed E-state index contributed by atoms with van der Waals surface area (Å²) >= 11 is 0. The van der Waals surface area contributed by atoms with Gasteiger partial charge in [-0.2, -0.15) is 0 Å². The van der Waals surface area contributed by atoms with Crippen molar-refractivity contribution in [2.24, 2.45) is 0 Å². The molecule has 146 valence electrons. The molecule has 0 aliphatic rings. The van der Waals surface area contributed by atoms with E-state index in [-0.39, 0.29) is 27.9 Å². The first kappa shape index (κ1) is 19.4. The monoisotopic (exact) mass is 403 g/mol. The number of amides is 1. The summed E-state index contributed by atoms with van der Waals surface area (Å²) in [6.45, 7) is 0. The van der Waals surface area contributed by atoms with Gasteiger partial charge in [0.15, 0.2) is 21.3 Å². The van der Waals surface area contributed by atoms with Crippen molar-refractivity contribution in [3.05, 3.63) is 48.0 Å². The van der Waals surface area contributed by atoms with E-state index in [0.717, 1.165) is 6.26 Å². The van der Waals surface area contributed by atoms with Crippen LogP contribution in [-0.4, -0.2) is 45.0 Å². The van der Waals surface area contributed by atoms with Crippen molar-refractivity contribution in [1.29, 1.82) is 0 Å². The van der Waals surface area contributed by atoms with Gasteiger partial charge >= 0.3 is 6.01 Å². The fraction of sp³-hybridized carbons (Fsp3) is 0.167. The first-order chi connectivity index (χ1) is 13.3. The van der Waals surface area contributed by atoms with E-state index in [9.17, 15) is 13.2 Å². The normalized spacial score (nSPS) is 11.1. The lowest BCUT2D eigenvalue weighted by molar-refractivity contribution is 0.102. The molecule has 10 heteroatoms. The topological polar surface area (TPSA) is 121 Å². The van der Waals surface area contributed by atoms with Gasteiger partial charge in [-0.25, -0.2) is 8.42 Å². The van der Waals surface area contributed by atoms with Crippen LogP contribution in [-0.2, 0) is 9.84 Å². The number of nitrogens with one attached hydrogen (secondary N) is 1. The van der Waals surface area contributed by atoms with E-state index in [0.29, 0.717) is 11.5 Å². The third-order valence-corrected chi connectivity index (χ3v) is 4.96. The maximum Gasteiger partial charge on any atom is 0.322 e. The summed E-state index contributed by atoms with van der Waals surface area (Å²) in [7, 11) is -0.540. The highest BCUT2D eigenvalue weighted by Gasteiger charge is 2.20. The maximum absolute atomic E-state index is 12.4. The molecule has 28 heavy (non-hydrogen) atoms. The third kappa shape index (κ3) is 3.96. The number of carbonyl (C=O) groups is 1. The molecule has 0 aliphatic carbocycles. The summed E-state index contributed by atoms with van der Waals surface area (Å²) in [4.78, 5) is 12.5. The van der Waals surface area contributed by atoms with Gasteiger partial charge in [-0.05, 0) is 30.3 Å². The van der Waals surface area contributed by atoms with E-state index in [2.05, 4.69) is 15.5 Å². The van der Waals surface area contributed by atoms with Crippen LogP contribution in [0.4, 0.5) is 6.01 Å². The summed E-state index contributed by atoms with van der Waals surface area (Å²) in [5.74, 6) is 0.344. The maximum atomic E-state index is 12.4. The minimum Gasteiger partial charge on any atom is -0.493 e. The van der Waals surface area contributed by atoms with Gasteiger partial charge in [-0.15, -0.1) is 5.10 Å². The number of aromatic nitrogens is 2. The Balaban J connectivity index is 1.86. The molecule has 0 bridgehead atoms. The number of methoxy groups -OCH3 is 2. The second-order valence-corrected chi connectivity index (χ2v) is 7.69. The lowest BCUT2D eigenvalue weighted by atomic mass is 10.2. The number of sulfone groups is 1. The zero-order valence-corrected chi connectivity index (χ0v) is 16.1. The number of rotatable bonds is 6. The molecule has 1 N–H and O–H groups in total. The molecule has 0 unspecified atom stereocenters. The Morgan fingerprint density at radius 1 is 1.04 bits per heavy atom. The number of hydrogen-bond donors (Lipinski definition) is 1. The molecule has 0 saturated heterocycles. The molecule has 0 atom stereocenters. The van der Waals surface area contributed by atoms with E-state index >= 15 is 0 Å². The Hall–Kier alpha value is -3.40. The van der Waals surface area contributed by atoms with Crippen LogP contribution in [0.1, 0.15) is 10.4 Å². The van der Waals surface area contributed by atoms with Crippen molar-refractivity contribution in [2.45, 2.75) is 4.90 Å². The predicted molar refractivity (Wildman–Crippen MR) is 100 cm³/mol. The second kappa shape index (κ2) is 7.69. The summed E-state index contributed by atoms with van der Waals surface area (Å²) in [5, 5.41) is 10.1. The number of hydrogen-bond acceptors (Lipinski definition) is 8. The molecule has 0 fully saturated rings. The van der Waals surface area contributed by atoms with Crippen molar-refractivity contribution < 1.29 is 27.1 Å². The van der Waals surface area contributed by atoms with Crippen molar-refractivity contribution in [3.63, 3.8) is 0 Å². The molecule has 0 saturated carbocycles. The van der Waals surface area contributed by atoms with Crippen molar-refractivity contribution in [2.75, 3.05) is 25.8 Å². The molecule has 1 amide bonds. The first-order valence-electron chi connectivity index (χ1n) is 8.00. The van der Waals surface area contributed by atoms with Gasteiger partial charge in [0, 0.05) is 11.8 Å². The van der Waals surface area contributed by atoms with Crippen LogP contribution in [0.15, 0.2) is 51.8 Å². The Bertz CT molecular complexity index is 1120. The van der Waals surface area contributed by atoms with Crippen LogP contribution < -0.4 is 14.8 Å². The van der Waals surface area contributed by atoms with Gasteiger partial charge in [-0.1, -0.05) is 17.2 Å². The van der Waals surface area contributed by atoms with Crippen LogP contribution in [0, 0.1) is 0 Å². The SMILES string of the molecule is COc1ccc(C(=O)Nc2nnc(-c3ccccc3S(C)(=O)=O)o2)cc1OC. The molecule has 0 spiro atoms. The molecular weight excluding hydrogens is 386 g/mol. The Morgan fingerprint density at radius 2 is 1.75 bits per heavy atom. The van der Waals surface area contributed by atoms with Gasteiger partial charge in [0.05, 0.1) is 24.7 Å². The largest absolute Gasteiger partial charge is 0.493 e. The highest BCUT2D eigenvalue weighted by atomic mass is 32.2. The highest BCUT2D eigenvalue weighted by Crippen LogP contribution is 2.29. The van der Waals surface area contributed by atoms with E-state index in [4.69, 9.17) is 13.9 Å². The van der Waals surface area contributed by atoms with Crippen molar-refractivity contribution in [1.82, 2.24) is 10.2 Å². The number of anilines is 1. The van der Waals surface area contributed by atoms with Crippen LogP contribution in [0.2, 0.25) is 0 Å². The van der Waals surface area contributed by atoms with Gasteiger partial charge in [0.1, 0.15) is 0 Å². The quantitative estimate of drug-likeness (QED) is 0.666. The molecule has 1 aromatic heterocycles. The average molecular weight is 403 g/mol. The van der Waals surface area contributed by atoms with Crippen LogP contribution in [0.3, 0.4) is 0 Å². The van der Waals surface area contributed by atoms with Crippen LogP contribution in [0.25, 0.3) is 11.5 Å². The summed E-state index contributed by atoms with van der Waals surface area (Å²) in [6.07, 6.45) is 1.09. The van der Waals surface area contributed by atoms with E-state index in [1.165, 1.54) is 26.4 Å².